The maximum absolute atomic E-state index is 13.5. The average Bonchev–Trinajstić information content (AvgIpc) is 3.36. The van der Waals surface area contributed by atoms with E-state index in [1.807, 2.05) is 19.1 Å². The Bertz CT molecular complexity index is 941. The molecule has 3 aliphatic rings. The minimum Gasteiger partial charge on any atom is -0.494 e. The number of aryl methyl sites for hydroxylation is 1. The molecule has 5 rings (SSSR count). The lowest BCUT2D eigenvalue weighted by atomic mass is 9.89. The fourth-order valence-corrected chi connectivity index (χ4v) is 4.99. The molecule has 150 valence electrons. The lowest BCUT2D eigenvalue weighted by molar-refractivity contribution is -0.126. The van der Waals surface area contributed by atoms with Gasteiger partial charge >= 0.3 is 0 Å². The van der Waals surface area contributed by atoms with Crippen molar-refractivity contribution in [1.82, 2.24) is 10.0 Å². The number of amides is 2. The number of benzene rings is 2. The van der Waals surface area contributed by atoms with Gasteiger partial charge in [0.05, 0.1) is 24.3 Å². The maximum atomic E-state index is 13.5. The number of carbonyl (C=O) groups is 2. The minimum atomic E-state index is -0.414. The third-order valence-corrected chi connectivity index (χ3v) is 6.23. The van der Waals surface area contributed by atoms with Crippen LogP contribution in [-0.2, 0) is 9.59 Å². The van der Waals surface area contributed by atoms with Crippen molar-refractivity contribution in [2.45, 2.75) is 32.4 Å². The first-order chi connectivity index (χ1) is 14.1. The number of rotatable bonds is 4. The number of hydrazine groups is 1. The number of carbonyl (C=O) groups excluding carboxylic acids is 2. The van der Waals surface area contributed by atoms with E-state index in [9.17, 15) is 9.59 Å². The van der Waals surface area contributed by atoms with Crippen LogP contribution in [0.15, 0.2) is 48.5 Å². The van der Waals surface area contributed by atoms with Gasteiger partial charge in [0.15, 0.2) is 0 Å². The summed E-state index contributed by atoms with van der Waals surface area (Å²) in [6.07, 6.45) is 1.01. The highest BCUT2D eigenvalue weighted by Gasteiger charge is 2.62. The standard InChI is InChI=1S/C23H25N3O3/c1-3-29-18-11-9-17(10-12-18)26-22(27)19-20(16-7-5-15(2)6-8-16)24-13-4-14-25(24)21(19)23(26)28/h5-12,19-21H,3-4,13-14H2,1-2H3/t19-,20-,21+/m1/s1. The number of imide groups is 1. The van der Waals surface area contributed by atoms with E-state index in [0.29, 0.717) is 12.3 Å². The molecule has 3 aliphatic heterocycles. The van der Waals surface area contributed by atoms with Crippen LogP contribution in [0.5, 0.6) is 5.75 Å². The maximum Gasteiger partial charge on any atom is 0.253 e. The number of hydrogen-bond donors (Lipinski definition) is 0. The highest BCUT2D eigenvalue weighted by atomic mass is 16.5. The molecule has 6 heteroatoms. The molecule has 2 aromatic rings. The van der Waals surface area contributed by atoms with Crippen LogP contribution in [0.25, 0.3) is 0 Å². The molecule has 0 aliphatic carbocycles. The van der Waals surface area contributed by atoms with Crippen molar-refractivity contribution in [3.8, 4) is 5.75 Å². The largest absolute Gasteiger partial charge is 0.494 e. The highest BCUT2D eigenvalue weighted by molar-refractivity contribution is 6.24. The van der Waals surface area contributed by atoms with Gasteiger partial charge < -0.3 is 4.74 Å². The topological polar surface area (TPSA) is 53.1 Å². The first kappa shape index (κ1) is 18.3. The summed E-state index contributed by atoms with van der Waals surface area (Å²) >= 11 is 0. The van der Waals surface area contributed by atoms with Crippen molar-refractivity contribution in [3.63, 3.8) is 0 Å². The van der Waals surface area contributed by atoms with Crippen molar-refractivity contribution in [1.29, 1.82) is 0 Å². The summed E-state index contributed by atoms with van der Waals surface area (Å²) < 4.78 is 5.49. The highest BCUT2D eigenvalue weighted by Crippen LogP contribution is 2.48. The van der Waals surface area contributed by atoms with Crippen LogP contribution in [0.1, 0.15) is 30.5 Å². The molecule has 0 bridgehead atoms. The average molecular weight is 391 g/mol. The predicted octanol–water partition coefficient (Wildman–Crippen LogP) is 2.93. The Morgan fingerprint density at radius 3 is 2.21 bits per heavy atom. The lowest BCUT2D eigenvalue weighted by Gasteiger charge is -2.29. The molecule has 0 spiro atoms. The van der Waals surface area contributed by atoms with E-state index in [-0.39, 0.29) is 23.8 Å². The van der Waals surface area contributed by atoms with Crippen molar-refractivity contribution >= 4 is 17.5 Å². The van der Waals surface area contributed by atoms with Gasteiger partial charge in [-0.2, -0.15) is 0 Å². The number of hydrogen-bond acceptors (Lipinski definition) is 5. The van der Waals surface area contributed by atoms with E-state index in [1.165, 1.54) is 10.5 Å². The van der Waals surface area contributed by atoms with Gasteiger partial charge in [0.1, 0.15) is 11.8 Å². The van der Waals surface area contributed by atoms with Gasteiger partial charge in [-0.1, -0.05) is 29.8 Å². The molecule has 2 aromatic carbocycles. The molecule has 3 fully saturated rings. The summed E-state index contributed by atoms with van der Waals surface area (Å²) in [5.41, 5.74) is 2.90. The van der Waals surface area contributed by atoms with Crippen LogP contribution < -0.4 is 9.64 Å². The SMILES string of the molecule is CCOc1ccc(N2C(=O)[C@H]3[C@@H](C2=O)N2CCCN2[C@@H]3c2ccc(C)cc2)cc1. The zero-order valence-electron chi connectivity index (χ0n) is 16.7. The molecule has 3 heterocycles. The Morgan fingerprint density at radius 1 is 0.897 bits per heavy atom. The van der Waals surface area contributed by atoms with E-state index >= 15 is 0 Å². The van der Waals surface area contributed by atoms with Gasteiger partial charge in [0.25, 0.3) is 5.91 Å². The molecule has 0 unspecified atom stereocenters. The Balaban J connectivity index is 1.51. The number of anilines is 1. The van der Waals surface area contributed by atoms with Gasteiger partial charge in [-0.15, -0.1) is 0 Å². The van der Waals surface area contributed by atoms with Gasteiger partial charge in [-0.3, -0.25) is 9.59 Å². The van der Waals surface area contributed by atoms with Crippen molar-refractivity contribution in [2.75, 3.05) is 24.6 Å². The molecule has 2 amide bonds. The van der Waals surface area contributed by atoms with Gasteiger partial charge in [0, 0.05) is 13.1 Å². The van der Waals surface area contributed by atoms with Gasteiger partial charge in [0.2, 0.25) is 5.91 Å². The van der Waals surface area contributed by atoms with Crippen LogP contribution in [0.4, 0.5) is 5.69 Å². The fraction of sp³-hybridized carbons (Fsp3) is 0.391. The van der Waals surface area contributed by atoms with E-state index in [1.54, 1.807) is 12.1 Å². The summed E-state index contributed by atoms with van der Waals surface area (Å²) in [7, 11) is 0. The van der Waals surface area contributed by atoms with Crippen molar-refractivity contribution in [3.05, 3.63) is 59.7 Å². The second kappa shape index (κ2) is 6.97. The summed E-state index contributed by atoms with van der Waals surface area (Å²) in [5.74, 6) is 0.130. The molecule has 0 radical (unpaired) electrons. The second-order valence-corrected chi connectivity index (χ2v) is 7.94. The summed E-state index contributed by atoms with van der Waals surface area (Å²) in [6.45, 7) is 6.26. The van der Waals surface area contributed by atoms with E-state index in [4.69, 9.17) is 4.74 Å². The molecular formula is C23H25N3O3. The monoisotopic (exact) mass is 391 g/mol. The normalized spacial score (nSPS) is 26.8. The smallest absolute Gasteiger partial charge is 0.253 e. The zero-order valence-corrected chi connectivity index (χ0v) is 16.7. The Morgan fingerprint density at radius 2 is 1.55 bits per heavy atom. The molecule has 0 saturated carbocycles. The van der Waals surface area contributed by atoms with E-state index in [0.717, 1.165) is 30.8 Å². The predicted molar refractivity (Wildman–Crippen MR) is 109 cm³/mol. The molecule has 0 N–H and O–H groups in total. The second-order valence-electron chi connectivity index (χ2n) is 7.94. The Kier molecular flexibility index (Phi) is 4.41. The van der Waals surface area contributed by atoms with Gasteiger partial charge in [-0.05, 0) is 50.1 Å². The van der Waals surface area contributed by atoms with E-state index in [2.05, 4.69) is 41.2 Å². The Labute approximate surface area is 170 Å². The molecule has 3 saturated heterocycles. The van der Waals surface area contributed by atoms with Crippen LogP contribution in [0, 0.1) is 12.8 Å². The molecular weight excluding hydrogens is 366 g/mol. The first-order valence-corrected chi connectivity index (χ1v) is 10.3. The van der Waals surface area contributed by atoms with Crippen LogP contribution in [0.2, 0.25) is 0 Å². The summed E-state index contributed by atoms with van der Waals surface area (Å²) in [5, 5.41) is 4.37. The molecule has 0 aromatic heterocycles. The molecule has 29 heavy (non-hydrogen) atoms. The third-order valence-electron chi connectivity index (χ3n) is 6.23. The number of nitrogens with zero attached hydrogens (tertiary/aromatic N) is 3. The molecule has 3 atom stereocenters. The van der Waals surface area contributed by atoms with Crippen LogP contribution >= 0.6 is 0 Å². The zero-order chi connectivity index (χ0) is 20.1. The fourth-order valence-electron chi connectivity index (χ4n) is 4.99. The Hall–Kier alpha value is -2.70. The van der Waals surface area contributed by atoms with Crippen LogP contribution in [0.3, 0.4) is 0 Å². The summed E-state index contributed by atoms with van der Waals surface area (Å²) in [4.78, 5) is 28.3. The first-order valence-electron chi connectivity index (χ1n) is 10.3. The van der Waals surface area contributed by atoms with Gasteiger partial charge in [-0.25, -0.2) is 14.9 Å². The minimum absolute atomic E-state index is 0.0905. The quantitative estimate of drug-likeness (QED) is 0.750. The summed E-state index contributed by atoms with van der Waals surface area (Å²) in [6, 6.07) is 15.1. The third kappa shape index (κ3) is 2.78. The van der Waals surface area contributed by atoms with E-state index < -0.39 is 6.04 Å². The van der Waals surface area contributed by atoms with Crippen LogP contribution in [-0.4, -0.2) is 47.6 Å². The lowest BCUT2D eigenvalue weighted by Crippen LogP contribution is -2.44. The molecule has 6 nitrogen and oxygen atoms in total. The van der Waals surface area contributed by atoms with Crippen molar-refractivity contribution < 1.29 is 14.3 Å². The van der Waals surface area contributed by atoms with Crippen molar-refractivity contribution in [2.24, 2.45) is 5.92 Å². The number of fused-ring (bicyclic) bond motifs is 3. The number of ether oxygens (including phenoxy) is 1.